The highest BCUT2D eigenvalue weighted by atomic mass is 16.5. The van der Waals surface area contributed by atoms with E-state index in [-0.39, 0.29) is 17.6 Å². The summed E-state index contributed by atoms with van der Waals surface area (Å²) in [7, 11) is 2.10. The highest BCUT2D eigenvalue weighted by Crippen LogP contribution is 2.50. The smallest absolute Gasteiger partial charge is 0.124 e. The molecule has 3 heterocycles. The normalized spacial score (nSPS) is 26.3. The predicted molar refractivity (Wildman–Crippen MR) is 116 cm³/mol. The lowest BCUT2D eigenvalue weighted by molar-refractivity contribution is -0.127. The summed E-state index contributed by atoms with van der Waals surface area (Å²) in [6, 6.07) is 10.6. The molecule has 0 amide bonds. The third-order valence-corrected chi connectivity index (χ3v) is 6.89. The number of benzene rings is 1. The van der Waals surface area contributed by atoms with Gasteiger partial charge in [0.15, 0.2) is 0 Å². The van der Waals surface area contributed by atoms with Gasteiger partial charge in [0.05, 0.1) is 12.2 Å². The maximum atomic E-state index is 12.3. The Morgan fingerprint density at radius 2 is 1.83 bits per heavy atom. The Balaban J connectivity index is 1.77. The van der Waals surface area contributed by atoms with Crippen LogP contribution < -0.4 is 0 Å². The summed E-state index contributed by atoms with van der Waals surface area (Å²) in [5.74, 6) is 0.467. The molecule has 0 radical (unpaired) electrons. The summed E-state index contributed by atoms with van der Waals surface area (Å²) in [4.78, 5) is 6.79. The zero-order chi connectivity index (χ0) is 20.8. The van der Waals surface area contributed by atoms with Crippen LogP contribution in [0.4, 0.5) is 0 Å². The minimum absolute atomic E-state index is 0.0712. The molecule has 0 bridgehead atoms. The van der Waals surface area contributed by atoms with Gasteiger partial charge in [-0.15, -0.1) is 0 Å². The van der Waals surface area contributed by atoms with E-state index in [0.29, 0.717) is 5.92 Å². The van der Waals surface area contributed by atoms with Crippen molar-refractivity contribution in [1.29, 1.82) is 0 Å². The lowest BCUT2D eigenvalue weighted by Gasteiger charge is -2.56. The molecule has 29 heavy (non-hydrogen) atoms. The molecule has 0 saturated carbocycles. The molecular formula is C25H34N2O2. The minimum atomic E-state index is -1.09. The summed E-state index contributed by atoms with van der Waals surface area (Å²) < 4.78 is 6.08. The quantitative estimate of drug-likeness (QED) is 0.803. The van der Waals surface area contributed by atoms with Crippen LogP contribution in [0.2, 0.25) is 0 Å². The number of likely N-dealkylation sites (tertiary alicyclic amines) is 1. The van der Waals surface area contributed by atoms with Crippen molar-refractivity contribution in [3.8, 4) is 0 Å². The van der Waals surface area contributed by atoms with Crippen molar-refractivity contribution < 1.29 is 9.84 Å². The average Bonchev–Trinajstić information content (AvgIpc) is 3.13. The van der Waals surface area contributed by atoms with Crippen molar-refractivity contribution in [2.45, 2.75) is 64.3 Å². The van der Waals surface area contributed by atoms with Crippen molar-refractivity contribution >= 4 is 0 Å². The number of hydrogen-bond acceptors (Lipinski definition) is 4. The van der Waals surface area contributed by atoms with Gasteiger partial charge in [0, 0.05) is 36.5 Å². The van der Waals surface area contributed by atoms with Crippen LogP contribution in [-0.4, -0.2) is 41.2 Å². The average molecular weight is 395 g/mol. The second kappa shape index (κ2) is 7.50. The van der Waals surface area contributed by atoms with Gasteiger partial charge in [0.2, 0.25) is 0 Å². The van der Waals surface area contributed by atoms with Gasteiger partial charge in [-0.3, -0.25) is 4.98 Å². The van der Waals surface area contributed by atoms with E-state index in [1.54, 1.807) is 0 Å². The van der Waals surface area contributed by atoms with Crippen molar-refractivity contribution in [1.82, 2.24) is 9.88 Å². The predicted octanol–water partition coefficient (Wildman–Crippen LogP) is 4.63. The lowest BCUT2D eigenvalue weighted by Crippen LogP contribution is -2.63. The molecule has 4 rings (SSSR count). The van der Waals surface area contributed by atoms with Gasteiger partial charge in [-0.05, 0) is 55.5 Å². The van der Waals surface area contributed by atoms with E-state index in [1.165, 1.54) is 5.56 Å². The fourth-order valence-electron chi connectivity index (χ4n) is 5.23. The number of ether oxygens (including phenoxy) is 1. The molecule has 2 aliphatic rings. The van der Waals surface area contributed by atoms with Gasteiger partial charge in [0.1, 0.15) is 5.60 Å². The van der Waals surface area contributed by atoms with E-state index in [1.807, 2.05) is 12.4 Å². The van der Waals surface area contributed by atoms with Crippen LogP contribution in [-0.2, 0) is 10.3 Å². The van der Waals surface area contributed by atoms with Crippen LogP contribution >= 0.6 is 0 Å². The minimum Gasteiger partial charge on any atom is -0.380 e. The van der Waals surface area contributed by atoms with Crippen molar-refractivity contribution in [2.75, 3.05) is 20.1 Å². The molecule has 2 fully saturated rings. The fourth-order valence-corrected chi connectivity index (χ4v) is 5.23. The molecule has 2 aliphatic heterocycles. The second-order valence-corrected chi connectivity index (χ2v) is 9.74. The first kappa shape index (κ1) is 20.5. The molecule has 1 N–H and O–H groups in total. The monoisotopic (exact) mass is 394 g/mol. The highest BCUT2D eigenvalue weighted by Gasteiger charge is 2.55. The zero-order valence-corrected chi connectivity index (χ0v) is 18.4. The molecule has 1 aromatic heterocycles. The Labute approximate surface area is 174 Å². The van der Waals surface area contributed by atoms with Crippen LogP contribution in [0.1, 0.15) is 74.8 Å². The molecule has 0 aliphatic carbocycles. The van der Waals surface area contributed by atoms with Gasteiger partial charge in [-0.2, -0.15) is 0 Å². The van der Waals surface area contributed by atoms with Crippen LogP contribution in [0, 0.1) is 5.41 Å². The van der Waals surface area contributed by atoms with Gasteiger partial charge in [-0.1, -0.05) is 45.0 Å². The topological polar surface area (TPSA) is 45.6 Å². The molecule has 4 heteroatoms. The molecule has 2 saturated heterocycles. The zero-order valence-electron chi connectivity index (χ0n) is 18.4. The number of hydrogen-bond donors (Lipinski definition) is 1. The van der Waals surface area contributed by atoms with E-state index in [2.05, 4.69) is 75.0 Å². The molecule has 156 valence electrons. The van der Waals surface area contributed by atoms with E-state index < -0.39 is 5.60 Å². The first-order valence-electron chi connectivity index (χ1n) is 10.9. The van der Waals surface area contributed by atoms with Crippen molar-refractivity contribution in [3.05, 3.63) is 65.0 Å². The Bertz CT molecular complexity index is 857. The Kier molecular flexibility index (Phi) is 5.30. The third kappa shape index (κ3) is 3.52. The second-order valence-electron chi connectivity index (χ2n) is 9.74. The van der Waals surface area contributed by atoms with Gasteiger partial charge in [0.25, 0.3) is 0 Å². The number of aromatic nitrogens is 1. The summed E-state index contributed by atoms with van der Waals surface area (Å²) in [5, 5.41) is 12.3. The molecule has 4 nitrogen and oxygen atoms in total. The Hall–Kier alpha value is -1.75. The standard InChI is InChI=1S/C25H34N2O2/c1-17(2)19-7-9-21(10-8-19)25(28,24(4)15-27(5)16-24)22-12-20(13-26-14-22)23-11-6-18(3)29-23/h7-10,12-14,17-18,23,28H,6,11,15-16H2,1-5H3. The number of rotatable bonds is 5. The summed E-state index contributed by atoms with van der Waals surface area (Å²) >= 11 is 0. The Morgan fingerprint density at radius 3 is 2.38 bits per heavy atom. The first-order valence-corrected chi connectivity index (χ1v) is 10.9. The van der Waals surface area contributed by atoms with Gasteiger partial charge < -0.3 is 14.7 Å². The molecule has 0 spiro atoms. The van der Waals surface area contributed by atoms with Crippen LogP contribution in [0.3, 0.4) is 0 Å². The molecule has 3 unspecified atom stereocenters. The van der Waals surface area contributed by atoms with Gasteiger partial charge >= 0.3 is 0 Å². The largest absolute Gasteiger partial charge is 0.380 e. The molecule has 2 aromatic rings. The Morgan fingerprint density at radius 1 is 1.14 bits per heavy atom. The molecule has 3 atom stereocenters. The van der Waals surface area contributed by atoms with Crippen molar-refractivity contribution in [2.24, 2.45) is 5.41 Å². The third-order valence-electron chi connectivity index (χ3n) is 6.89. The maximum absolute atomic E-state index is 12.3. The summed E-state index contributed by atoms with van der Waals surface area (Å²) in [6.07, 6.45) is 6.16. The van der Waals surface area contributed by atoms with E-state index in [4.69, 9.17) is 4.74 Å². The van der Waals surface area contributed by atoms with E-state index in [0.717, 1.165) is 42.6 Å². The fraction of sp³-hybridized carbons (Fsp3) is 0.560. The SMILES string of the molecule is CC1CCC(c2cncc(C(O)(c3ccc(C(C)C)cc3)C3(C)CN(C)C3)c2)O1. The van der Waals surface area contributed by atoms with Crippen LogP contribution in [0.15, 0.2) is 42.7 Å². The number of pyridine rings is 1. The molecule has 1 aromatic carbocycles. The van der Waals surface area contributed by atoms with Crippen LogP contribution in [0.25, 0.3) is 0 Å². The number of nitrogens with zero attached hydrogens (tertiary/aromatic N) is 2. The van der Waals surface area contributed by atoms with Crippen molar-refractivity contribution in [3.63, 3.8) is 0 Å². The number of aliphatic hydroxyl groups is 1. The molecular weight excluding hydrogens is 360 g/mol. The van der Waals surface area contributed by atoms with E-state index >= 15 is 0 Å². The highest BCUT2D eigenvalue weighted by molar-refractivity contribution is 5.42. The summed E-state index contributed by atoms with van der Waals surface area (Å²) in [6.45, 7) is 10.4. The van der Waals surface area contributed by atoms with Crippen LogP contribution in [0.5, 0.6) is 0 Å². The maximum Gasteiger partial charge on any atom is 0.124 e. The lowest BCUT2D eigenvalue weighted by atomic mass is 9.62. The van der Waals surface area contributed by atoms with Gasteiger partial charge in [-0.25, -0.2) is 0 Å². The van der Waals surface area contributed by atoms with E-state index in [9.17, 15) is 5.11 Å². The first-order chi connectivity index (χ1) is 13.7. The summed E-state index contributed by atoms with van der Waals surface area (Å²) in [5.41, 5.74) is 2.80.